The summed E-state index contributed by atoms with van der Waals surface area (Å²) in [5.74, 6) is 0.406. The number of aromatic nitrogens is 1. The second-order valence-corrected chi connectivity index (χ2v) is 9.15. The Balaban J connectivity index is 1.38. The van der Waals surface area contributed by atoms with Crippen LogP contribution in [0.4, 0.5) is 4.79 Å². The van der Waals surface area contributed by atoms with Gasteiger partial charge in [-0.25, -0.2) is 4.79 Å². The number of ether oxygens (including phenoxy) is 1. The third-order valence-corrected chi connectivity index (χ3v) is 5.62. The van der Waals surface area contributed by atoms with Crippen LogP contribution >= 0.6 is 0 Å². The minimum atomic E-state index is -0.493. The highest BCUT2D eigenvalue weighted by molar-refractivity contribution is 5.79. The molecule has 2 amide bonds. The fourth-order valence-electron chi connectivity index (χ4n) is 4.06. The lowest BCUT2D eigenvalue weighted by atomic mass is 9.93. The van der Waals surface area contributed by atoms with Gasteiger partial charge in [0.1, 0.15) is 5.60 Å². The van der Waals surface area contributed by atoms with E-state index in [9.17, 15) is 9.59 Å². The van der Waals surface area contributed by atoms with Gasteiger partial charge in [0.05, 0.1) is 0 Å². The summed E-state index contributed by atoms with van der Waals surface area (Å²) in [7, 11) is 0. The zero-order valence-corrected chi connectivity index (χ0v) is 17.9. The van der Waals surface area contributed by atoms with Gasteiger partial charge in [0, 0.05) is 44.0 Å². The molecule has 2 fully saturated rings. The van der Waals surface area contributed by atoms with Crippen molar-refractivity contribution in [3.63, 3.8) is 0 Å². The molecule has 1 N–H and O–H groups in total. The van der Waals surface area contributed by atoms with Crippen LogP contribution in [0.1, 0.15) is 52.0 Å². The van der Waals surface area contributed by atoms with E-state index in [-0.39, 0.29) is 24.0 Å². The Hall–Kier alpha value is -2.15. The van der Waals surface area contributed by atoms with Crippen LogP contribution in [-0.2, 0) is 16.1 Å². The summed E-state index contributed by atoms with van der Waals surface area (Å²) < 4.78 is 5.32. The third kappa shape index (κ3) is 6.70. The number of rotatable bonds is 4. The lowest BCUT2D eigenvalue weighted by molar-refractivity contribution is -0.138. The van der Waals surface area contributed by atoms with E-state index in [4.69, 9.17) is 4.74 Å². The molecule has 0 aromatic carbocycles. The van der Waals surface area contributed by atoms with Gasteiger partial charge < -0.3 is 15.0 Å². The van der Waals surface area contributed by atoms with E-state index >= 15 is 0 Å². The Kier molecular flexibility index (Phi) is 7.11. The quantitative estimate of drug-likeness (QED) is 0.838. The van der Waals surface area contributed by atoms with Crippen molar-refractivity contribution in [3.05, 3.63) is 30.1 Å². The van der Waals surface area contributed by atoms with E-state index in [1.165, 1.54) is 5.56 Å². The molecule has 0 aliphatic carbocycles. The van der Waals surface area contributed by atoms with Crippen molar-refractivity contribution in [3.8, 4) is 0 Å². The van der Waals surface area contributed by atoms with Gasteiger partial charge in [-0.05, 0) is 77.2 Å². The number of pyridine rings is 1. The van der Waals surface area contributed by atoms with Crippen molar-refractivity contribution in [2.75, 3.05) is 26.2 Å². The van der Waals surface area contributed by atoms with Crippen LogP contribution in [-0.4, -0.2) is 64.6 Å². The van der Waals surface area contributed by atoms with Gasteiger partial charge in [-0.3, -0.25) is 14.7 Å². The molecule has 0 radical (unpaired) electrons. The number of hydrogen-bond acceptors (Lipinski definition) is 5. The average molecular weight is 403 g/mol. The van der Waals surface area contributed by atoms with Gasteiger partial charge in [-0.2, -0.15) is 0 Å². The normalized spacial score (nSPS) is 19.8. The van der Waals surface area contributed by atoms with Crippen molar-refractivity contribution in [2.45, 2.75) is 64.6 Å². The van der Waals surface area contributed by atoms with Gasteiger partial charge in [0.2, 0.25) is 5.91 Å². The van der Waals surface area contributed by atoms with E-state index in [1.54, 1.807) is 0 Å². The number of nitrogens with zero attached hydrogens (tertiary/aromatic N) is 3. The Morgan fingerprint density at radius 2 is 1.69 bits per heavy atom. The highest BCUT2D eigenvalue weighted by Gasteiger charge is 2.31. The molecular formula is C22H34N4O3. The molecule has 7 nitrogen and oxygen atoms in total. The number of carbonyl (C=O) groups excluding carboxylic acids is 2. The van der Waals surface area contributed by atoms with Crippen molar-refractivity contribution >= 4 is 12.0 Å². The fraction of sp³-hybridized carbons (Fsp3) is 0.682. The number of alkyl carbamates (subject to hydrolysis) is 1. The summed E-state index contributed by atoms with van der Waals surface area (Å²) in [5, 5.41) is 2.93. The highest BCUT2D eigenvalue weighted by Crippen LogP contribution is 2.23. The van der Waals surface area contributed by atoms with Crippen molar-refractivity contribution < 1.29 is 14.3 Å². The lowest BCUT2D eigenvalue weighted by Gasteiger charge is -2.37. The number of carbonyl (C=O) groups is 2. The number of piperidine rings is 2. The molecule has 2 saturated heterocycles. The topological polar surface area (TPSA) is 74.8 Å². The predicted octanol–water partition coefficient (Wildman–Crippen LogP) is 2.81. The SMILES string of the molecule is CC(C)(C)OC(=O)NC1CCN(C(=O)C2CCN(Cc3ccncc3)CC2)CC1. The summed E-state index contributed by atoms with van der Waals surface area (Å²) >= 11 is 0. The highest BCUT2D eigenvalue weighted by atomic mass is 16.6. The van der Waals surface area contributed by atoms with Crippen LogP contribution in [0.5, 0.6) is 0 Å². The molecule has 1 aromatic rings. The molecule has 3 heterocycles. The molecule has 2 aliphatic heterocycles. The van der Waals surface area contributed by atoms with Crippen LogP contribution in [0.25, 0.3) is 0 Å². The Bertz CT molecular complexity index is 673. The second kappa shape index (κ2) is 9.57. The fourth-order valence-corrected chi connectivity index (χ4v) is 4.06. The number of nitrogens with one attached hydrogen (secondary N) is 1. The number of hydrogen-bond donors (Lipinski definition) is 1. The average Bonchev–Trinajstić information content (AvgIpc) is 2.68. The first-order chi connectivity index (χ1) is 13.8. The van der Waals surface area contributed by atoms with E-state index < -0.39 is 5.60 Å². The number of amides is 2. The summed E-state index contributed by atoms with van der Waals surface area (Å²) in [5.41, 5.74) is 0.775. The maximum atomic E-state index is 12.9. The molecule has 0 atom stereocenters. The zero-order chi connectivity index (χ0) is 20.9. The van der Waals surface area contributed by atoms with E-state index in [0.717, 1.165) is 45.3 Å². The molecule has 7 heteroatoms. The summed E-state index contributed by atoms with van der Waals surface area (Å²) in [6.07, 6.45) is 6.68. The molecule has 0 saturated carbocycles. The summed E-state index contributed by atoms with van der Waals surface area (Å²) in [4.78, 5) is 33.3. The van der Waals surface area contributed by atoms with E-state index in [0.29, 0.717) is 13.1 Å². The smallest absolute Gasteiger partial charge is 0.407 e. The first-order valence-electron chi connectivity index (χ1n) is 10.7. The second-order valence-electron chi connectivity index (χ2n) is 9.15. The van der Waals surface area contributed by atoms with Crippen LogP contribution in [0.2, 0.25) is 0 Å². The van der Waals surface area contributed by atoms with Crippen molar-refractivity contribution in [1.29, 1.82) is 0 Å². The van der Waals surface area contributed by atoms with Crippen LogP contribution in [0.15, 0.2) is 24.5 Å². The molecule has 0 spiro atoms. The monoisotopic (exact) mass is 402 g/mol. The lowest BCUT2D eigenvalue weighted by Crippen LogP contribution is -2.50. The summed E-state index contributed by atoms with van der Waals surface area (Å²) in [6.45, 7) is 9.81. The molecule has 2 aliphatic rings. The minimum Gasteiger partial charge on any atom is -0.444 e. The molecule has 0 unspecified atom stereocenters. The van der Waals surface area contributed by atoms with Crippen LogP contribution in [0.3, 0.4) is 0 Å². The van der Waals surface area contributed by atoms with Gasteiger partial charge in [-0.1, -0.05) is 0 Å². The molecule has 160 valence electrons. The molecular weight excluding hydrogens is 368 g/mol. The molecule has 3 rings (SSSR count). The zero-order valence-electron chi connectivity index (χ0n) is 17.9. The Morgan fingerprint density at radius 1 is 1.07 bits per heavy atom. The van der Waals surface area contributed by atoms with Crippen LogP contribution < -0.4 is 5.32 Å². The predicted molar refractivity (Wildman–Crippen MR) is 111 cm³/mol. The Morgan fingerprint density at radius 3 is 2.28 bits per heavy atom. The largest absolute Gasteiger partial charge is 0.444 e. The summed E-state index contributed by atoms with van der Waals surface area (Å²) in [6, 6.07) is 4.18. The van der Waals surface area contributed by atoms with Gasteiger partial charge in [0.25, 0.3) is 0 Å². The van der Waals surface area contributed by atoms with Crippen LogP contribution in [0, 0.1) is 5.92 Å². The molecule has 1 aromatic heterocycles. The van der Waals surface area contributed by atoms with Crippen molar-refractivity contribution in [1.82, 2.24) is 20.1 Å². The minimum absolute atomic E-state index is 0.0797. The van der Waals surface area contributed by atoms with Gasteiger partial charge >= 0.3 is 6.09 Å². The van der Waals surface area contributed by atoms with Crippen molar-refractivity contribution in [2.24, 2.45) is 5.92 Å². The van der Waals surface area contributed by atoms with Gasteiger partial charge in [-0.15, -0.1) is 0 Å². The van der Waals surface area contributed by atoms with E-state index in [2.05, 4.69) is 15.2 Å². The standard InChI is InChI=1S/C22H34N4O3/c1-22(2,3)29-21(28)24-19-8-14-26(15-9-19)20(27)18-6-12-25(13-7-18)16-17-4-10-23-11-5-17/h4-5,10-11,18-19H,6-9,12-16H2,1-3H3,(H,24,28). The maximum absolute atomic E-state index is 12.9. The molecule has 0 bridgehead atoms. The first kappa shape index (κ1) is 21.6. The maximum Gasteiger partial charge on any atom is 0.407 e. The van der Waals surface area contributed by atoms with E-state index in [1.807, 2.05) is 50.2 Å². The third-order valence-electron chi connectivity index (χ3n) is 5.62. The van der Waals surface area contributed by atoms with Gasteiger partial charge in [0.15, 0.2) is 0 Å². The Labute approximate surface area is 173 Å². The first-order valence-corrected chi connectivity index (χ1v) is 10.7. The number of likely N-dealkylation sites (tertiary alicyclic amines) is 2. The molecule has 29 heavy (non-hydrogen) atoms.